The van der Waals surface area contributed by atoms with Gasteiger partial charge >= 0.3 is 0 Å². The molecular weight excluding hydrogens is 320 g/mol. The standard InChI is InChI=1S/C16H15ClN2O2S/c1-8(2)13-7-22-16(19-13)12-6-14(20)9-4-15(21-3)10(17)5-11(9)18-12/h4-8H,1-3H3,(H,18,20). The summed E-state index contributed by atoms with van der Waals surface area (Å²) in [6.07, 6.45) is 0. The van der Waals surface area contributed by atoms with Crippen LogP contribution in [0.1, 0.15) is 25.5 Å². The molecule has 4 nitrogen and oxygen atoms in total. The molecule has 0 aliphatic heterocycles. The zero-order chi connectivity index (χ0) is 15.9. The molecule has 114 valence electrons. The third kappa shape index (κ3) is 2.62. The molecule has 3 aromatic rings. The molecule has 0 bridgehead atoms. The smallest absolute Gasteiger partial charge is 0.190 e. The molecule has 0 atom stereocenters. The summed E-state index contributed by atoms with van der Waals surface area (Å²) in [6, 6.07) is 4.93. The van der Waals surface area contributed by atoms with Gasteiger partial charge < -0.3 is 9.72 Å². The number of ether oxygens (including phenoxy) is 1. The Morgan fingerprint density at radius 3 is 2.73 bits per heavy atom. The number of nitrogens with one attached hydrogen (secondary N) is 1. The Morgan fingerprint density at radius 2 is 2.09 bits per heavy atom. The van der Waals surface area contributed by atoms with E-state index in [2.05, 4.69) is 23.8 Å². The Morgan fingerprint density at radius 1 is 1.32 bits per heavy atom. The van der Waals surface area contributed by atoms with Gasteiger partial charge in [0.1, 0.15) is 10.8 Å². The van der Waals surface area contributed by atoms with Crippen LogP contribution < -0.4 is 10.2 Å². The minimum Gasteiger partial charge on any atom is -0.495 e. The van der Waals surface area contributed by atoms with Crippen LogP contribution in [0.4, 0.5) is 0 Å². The number of nitrogens with zero attached hydrogens (tertiary/aromatic N) is 1. The number of pyridine rings is 1. The van der Waals surface area contributed by atoms with E-state index in [0.717, 1.165) is 10.7 Å². The van der Waals surface area contributed by atoms with Crippen LogP contribution in [0.3, 0.4) is 0 Å². The molecule has 0 aliphatic carbocycles. The van der Waals surface area contributed by atoms with Crippen molar-refractivity contribution in [2.75, 3.05) is 7.11 Å². The summed E-state index contributed by atoms with van der Waals surface area (Å²) >= 11 is 7.66. The molecular formula is C16H15ClN2O2S. The second kappa shape index (κ2) is 5.74. The molecule has 0 spiro atoms. The highest BCUT2D eigenvalue weighted by Gasteiger charge is 2.12. The summed E-state index contributed by atoms with van der Waals surface area (Å²) in [5.74, 6) is 0.847. The third-order valence-electron chi connectivity index (χ3n) is 3.45. The van der Waals surface area contributed by atoms with Crippen molar-refractivity contribution in [3.05, 3.63) is 44.5 Å². The predicted octanol–water partition coefficient (Wildman–Crippen LogP) is 4.44. The number of methoxy groups -OCH3 is 1. The first kappa shape index (κ1) is 15.1. The summed E-state index contributed by atoms with van der Waals surface area (Å²) in [4.78, 5) is 20.2. The maximum absolute atomic E-state index is 12.4. The van der Waals surface area contributed by atoms with Crippen molar-refractivity contribution < 1.29 is 4.74 Å². The van der Waals surface area contributed by atoms with Gasteiger partial charge in [0.05, 0.1) is 29.0 Å². The Balaban J connectivity index is 2.17. The zero-order valence-corrected chi connectivity index (χ0v) is 14.0. The van der Waals surface area contributed by atoms with Crippen LogP contribution >= 0.6 is 22.9 Å². The van der Waals surface area contributed by atoms with E-state index in [1.165, 1.54) is 18.4 Å². The Bertz CT molecular complexity index is 899. The van der Waals surface area contributed by atoms with Crippen LogP contribution in [0.15, 0.2) is 28.4 Å². The molecule has 0 amide bonds. The summed E-state index contributed by atoms with van der Waals surface area (Å²) in [6.45, 7) is 4.18. The van der Waals surface area contributed by atoms with E-state index < -0.39 is 0 Å². The topological polar surface area (TPSA) is 55.0 Å². The van der Waals surface area contributed by atoms with E-state index in [9.17, 15) is 4.79 Å². The van der Waals surface area contributed by atoms with E-state index in [1.54, 1.807) is 18.2 Å². The highest BCUT2D eigenvalue weighted by molar-refractivity contribution is 7.13. The molecule has 1 N–H and O–H groups in total. The number of thiazole rings is 1. The molecule has 0 aliphatic rings. The van der Waals surface area contributed by atoms with Crippen LogP contribution in [-0.2, 0) is 0 Å². The van der Waals surface area contributed by atoms with E-state index in [1.807, 2.05) is 5.38 Å². The van der Waals surface area contributed by atoms with Crippen LogP contribution in [0.2, 0.25) is 5.02 Å². The fraction of sp³-hybridized carbons (Fsp3) is 0.250. The molecule has 2 aromatic heterocycles. The van der Waals surface area contributed by atoms with Gasteiger partial charge in [0.2, 0.25) is 0 Å². The minimum absolute atomic E-state index is 0.0833. The Hall–Kier alpha value is -1.85. The van der Waals surface area contributed by atoms with Gasteiger partial charge in [-0.15, -0.1) is 11.3 Å². The summed E-state index contributed by atoms with van der Waals surface area (Å²) in [7, 11) is 1.53. The van der Waals surface area contributed by atoms with Crippen LogP contribution in [0, 0.1) is 0 Å². The Kier molecular flexibility index (Phi) is 3.93. The van der Waals surface area contributed by atoms with Gasteiger partial charge in [-0.2, -0.15) is 0 Å². The first-order valence-corrected chi connectivity index (χ1v) is 8.11. The minimum atomic E-state index is -0.0833. The van der Waals surface area contributed by atoms with Gasteiger partial charge in [-0.05, 0) is 18.1 Å². The van der Waals surface area contributed by atoms with Gasteiger partial charge in [-0.1, -0.05) is 25.4 Å². The van der Waals surface area contributed by atoms with E-state index >= 15 is 0 Å². The number of aromatic amines is 1. The zero-order valence-electron chi connectivity index (χ0n) is 12.4. The van der Waals surface area contributed by atoms with Gasteiger partial charge in [-0.25, -0.2) is 4.98 Å². The molecule has 1 aromatic carbocycles. The number of H-pyrrole nitrogens is 1. The molecule has 0 saturated heterocycles. The van der Waals surface area contributed by atoms with Crippen LogP contribution in [0.5, 0.6) is 5.75 Å². The van der Waals surface area contributed by atoms with Crippen molar-refractivity contribution in [2.24, 2.45) is 0 Å². The molecule has 0 unspecified atom stereocenters. The lowest BCUT2D eigenvalue weighted by Gasteiger charge is -2.06. The number of halogens is 1. The lowest BCUT2D eigenvalue weighted by molar-refractivity contribution is 0.415. The highest BCUT2D eigenvalue weighted by atomic mass is 35.5. The summed E-state index contributed by atoms with van der Waals surface area (Å²) in [5.41, 5.74) is 2.32. The van der Waals surface area contributed by atoms with Crippen molar-refractivity contribution >= 4 is 33.8 Å². The normalized spacial score (nSPS) is 11.3. The SMILES string of the molecule is COc1cc2c(=O)cc(-c3nc(C(C)C)cs3)[nH]c2cc1Cl. The Labute approximate surface area is 136 Å². The maximum Gasteiger partial charge on any atom is 0.190 e. The van der Waals surface area contributed by atoms with E-state index in [-0.39, 0.29) is 5.43 Å². The van der Waals surface area contributed by atoms with Gasteiger partial charge in [0.15, 0.2) is 5.43 Å². The first-order valence-electron chi connectivity index (χ1n) is 6.86. The first-order chi connectivity index (χ1) is 10.5. The monoisotopic (exact) mass is 334 g/mol. The van der Waals surface area contributed by atoms with Crippen molar-refractivity contribution in [3.63, 3.8) is 0 Å². The third-order valence-corrected chi connectivity index (χ3v) is 4.64. The average Bonchev–Trinajstić information content (AvgIpc) is 2.96. The van der Waals surface area contributed by atoms with Crippen LogP contribution in [0.25, 0.3) is 21.6 Å². The molecule has 2 heterocycles. The average molecular weight is 335 g/mol. The second-order valence-corrected chi connectivity index (χ2v) is 6.58. The quantitative estimate of drug-likeness (QED) is 0.770. The number of fused-ring (bicyclic) bond motifs is 1. The number of aromatic nitrogens is 2. The van der Waals surface area contributed by atoms with E-state index in [0.29, 0.717) is 33.3 Å². The fourth-order valence-corrected chi connectivity index (χ4v) is 3.39. The maximum atomic E-state index is 12.4. The summed E-state index contributed by atoms with van der Waals surface area (Å²) in [5, 5.41) is 3.83. The van der Waals surface area contributed by atoms with E-state index in [4.69, 9.17) is 16.3 Å². The fourth-order valence-electron chi connectivity index (χ4n) is 2.20. The van der Waals surface area contributed by atoms with Gasteiger partial charge in [-0.3, -0.25) is 4.79 Å². The van der Waals surface area contributed by atoms with Crippen molar-refractivity contribution in [1.82, 2.24) is 9.97 Å². The van der Waals surface area contributed by atoms with Crippen molar-refractivity contribution in [1.29, 1.82) is 0 Å². The lowest BCUT2D eigenvalue weighted by atomic mass is 10.1. The summed E-state index contributed by atoms with van der Waals surface area (Å²) < 4.78 is 5.16. The second-order valence-electron chi connectivity index (χ2n) is 5.31. The van der Waals surface area contributed by atoms with Crippen LogP contribution in [-0.4, -0.2) is 17.1 Å². The molecule has 0 radical (unpaired) electrons. The predicted molar refractivity (Wildman–Crippen MR) is 91.3 cm³/mol. The van der Waals surface area contributed by atoms with Crippen molar-refractivity contribution in [2.45, 2.75) is 19.8 Å². The molecule has 0 saturated carbocycles. The number of rotatable bonds is 3. The lowest BCUT2D eigenvalue weighted by Crippen LogP contribution is -2.03. The number of benzene rings is 1. The molecule has 6 heteroatoms. The molecule has 22 heavy (non-hydrogen) atoms. The highest BCUT2D eigenvalue weighted by Crippen LogP contribution is 2.30. The van der Waals surface area contributed by atoms with Gasteiger partial charge in [0, 0.05) is 16.8 Å². The largest absolute Gasteiger partial charge is 0.495 e. The number of hydrogen-bond donors (Lipinski definition) is 1. The molecule has 0 fully saturated rings. The molecule has 3 rings (SSSR count). The van der Waals surface area contributed by atoms with Gasteiger partial charge in [0.25, 0.3) is 0 Å². The number of hydrogen-bond acceptors (Lipinski definition) is 4. The van der Waals surface area contributed by atoms with Crippen molar-refractivity contribution in [3.8, 4) is 16.5 Å².